The van der Waals surface area contributed by atoms with E-state index in [-0.39, 0.29) is 0 Å². The number of hydrogen-bond acceptors (Lipinski definition) is 4. The summed E-state index contributed by atoms with van der Waals surface area (Å²) in [5, 5.41) is 7.68. The molecule has 18 heavy (non-hydrogen) atoms. The molecule has 2 aliphatic rings. The van der Waals surface area contributed by atoms with Crippen molar-refractivity contribution in [2.75, 3.05) is 26.2 Å². The molecule has 5 heteroatoms. The fraction of sp³-hybridized carbons (Fsp3) is 0.846. The van der Waals surface area contributed by atoms with Crippen molar-refractivity contribution in [2.24, 2.45) is 5.41 Å². The SMILES string of the molecule is CC(Cn1cncn1)N1CCC2(CCNCC2)C1. The molecule has 3 heterocycles. The molecule has 1 aromatic heterocycles. The van der Waals surface area contributed by atoms with Crippen molar-refractivity contribution >= 4 is 0 Å². The molecule has 1 spiro atoms. The Bertz CT molecular complexity index is 369. The first-order valence-corrected chi connectivity index (χ1v) is 7.05. The Morgan fingerprint density at radius 3 is 2.89 bits per heavy atom. The average molecular weight is 249 g/mol. The Morgan fingerprint density at radius 2 is 2.17 bits per heavy atom. The minimum atomic E-state index is 0.556. The quantitative estimate of drug-likeness (QED) is 0.858. The van der Waals surface area contributed by atoms with E-state index in [1.807, 2.05) is 11.0 Å². The monoisotopic (exact) mass is 249 g/mol. The van der Waals surface area contributed by atoms with Crippen LogP contribution >= 0.6 is 0 Å². The second-order valence-corrected chi connectivity index (χ2v) is 5.94. The highest BCUT2D eigenvalue weighted by Gasteiger charge is 2.40. The number of hydrogen-bond donors (Lipinski definition) is 1. The van der Waals surface area contributed by atoms with E-state index < -0.39 is 0 Å². The van der Waals surface area contributed by atoms with Gasteiger partial charge in [-0.1, -0.05) is 0 Å². The first-order valence-electron chi connectivity index (χ1n) is 7.05. The summed E-state index contributed by atoms with van der Waals surface area (Å²) >= 11 is 0. The van der Waals surface area contributed by atoms with Crippen LogP contribution in [0, 0.1) is 5.41 Å². The maximum absolute atomic E-state index is 4.20. The van der Waals surface area contributed by atoms with Crippen molar-refractivity contribution in [3.8, 4) is 0 Å². The molecule has 1 N–H and O–H groups in total. The number of nitrogens with one attached hydrogen (secondary N) is 1. The summed E-state index contributed by atoms with van der Waals surface area (Å²) in [4.78, 5) is 6.64. The van der Waals surface area contributed by atoms with Crippen LogP contribution in [0.3, 0.4) is 0 Å². The van der Waals surface area contributed by atoms with Crippen molar-refractivity contribution < 1.29 is 0 Å². The van der Waals surface area contributed by atoms with Crippen LogP contribution < -0.4 is 5.32 Å². The molecule has 0 radical (unpaired) electrons. The lowest BCUT2D eigenvalue weighted by Gasteiger charge is -2.35. The van der Waals surface area contributed by atoms with E-state index >= 15 is 0 Å². The minimum absolute atomic E-state index is 0.556. The van der Waals surface area contributed by atoms with Gasteiger partial charge in [0.15, 0.2) is 0 Å². The molecule has 0 bridgehead atoms. The molecule has 2 aliphatic heterocycles. The third kappa shape index (κ3) is 2.42. The van der Waals surface area contributed by atoms with Gasteiger partial charge in [0.05, 0.1) is 6.54 Å². The van der Waals surface area contributed by atoms with Gasteiger partial charge in [-0.3, -0.25) is 9.58 Å². The van der Waals surface area contributed by atoms with Crippen molar-refractivity contribution in [2.45, 2.75) is 38.8 Å². The minimum Gasteiger partial charge on any atom is -0.317 e. The van der Waals surface area contributed by atoms with Crippen molar-refractivity contribution in [3.05, 3.63) is 12.7 Å². The second kappa shape index (κ2) is 4.97. The smallest absolute Gasteiger partial charge is 0.137 e. The maximum Gasteiger partial charge on any atom is 0.137 e. The third-order valence-electron chi connectivity index (χ3n) is 4.67. The number of aromatic nitrogens is 3. The van der Waals surface area contributed by atoms with Crippen LogP contribution in [-0.4, -0.2) is 51.9 Å². The molecule has 0 saturated carbocycles. The number of rotatable bonds is 3. The van der Waals surface area contributed by atoms with Crippen LogP contribution in [-0.2, 0) is 6.54 Å². The Morgan fingerprint density at radius 1 is 1.33 bits per heavy atom. The molecular formula is C13H23N5. The number of likely N-dealkylation sites (tertiary alicyclic amines) is 1. The number of piperidine rings is 1. The third-order valence-corrected chi connectivity index (χ3v) is 4.67. The van der Waals surface area contributed by atoms with Crippen LogP contribution in [0.1, 0.15) is 26.2 Å². The summed E-state index contributed by atoms with van der Waals surface area (Å²) in [6, 6.07) is 0.556. The molecule has 0 aliphatic carbocycles. The molecule has 3 rings (SSSR count). The van der Waals surface area contributed by atoms with Crippen LogP contribution in [0.25, 0.3) is 0 Å². The highest BCUT2D eigenvalue weighted by atomic mass is 15.3. The zero-order valence-electron chi connectivity index (χ0n) is 11.2. The average Bonchev–Trinajstić information content (AvgIpc) is 3.01. The van der Waals surface area contributed by atoms with Gasteiger partial charge < -0.3 is 5.32 Å². The lowest BCUT2D eigenvalue weighted by Crippen LogP contribution is -2.41. The van der Waals surface area contributed by atoms with Crippen LogP contribution in [0.15, 0.2) is 12.7 Å². The van der Waals surface area contributed by atoms with Gasteiger partial charge in [0.1, 0.15) is 12.7 Å². The number of nitrogens with zero attached hydrogens (tertiary/aromatic N) is 4. The van der Waals surface area contributed by atoms with E-state index in [4.69, 9.17) is 0 Å². The molecule has 1 unspecified atom stereocenters. The Kier molecular flexibility index (Phi) is 3.35. The highest BCUT2D eigenvalue weighted by Crippen LogP contribution is 2.39. The summed E-state index contributed by atoms with van der Waals surface area (Å²) < 4.78 is 1.94. The van der Waals surface area contributed by atoms with Gasteiger partial charge in [-0.15, -0.1) is 0 Å². The molecule has 0 aromatic carbocycles. The van der Waals surface area contributed by atoms with E-state index in [0.717, 1.165) is 6.54 Å². The molecule has 1 atom stereocenters. The topological polar surface area (TPSA) is 46.0 Å². The van der Waals surface area contributed by atoms with Gasteiger partial charge in [0, 0.05) is 12.6 Å². The first-order chi connectivity index (χ1) is 8.77. The zero-order chi connectivity index (χ0) is 12.4. The summed E-state index contributed by atoms with van der Waals surface area (Å²) in [5.41, 5.74) is 0.599. The predicted octanol–water partition coefficient (Wildman–Crippen LogP) is 0.742. The van der Waals surface area contributed by atoms with Crippen molar-refractivity contribution in [1.82, 2.24) is 25.0 Å². The molecular weight excluding hydrogens is 226 g/mol. The molecule has 1 aromatic rings. The van der Waals surface area contributed by atoms with Crippen LogP contribution in [0.5, 0.6) is 0 Å². The molecule has 2 fully saturated rings. The van der Waals surface area contributed by atoms with Crippen LogP contribution in [0.2, 0.25) is 0 Å². The Hall–Kier alpha value is -0.940. The fourth-order valence-electron chi connectivity index (χ4n) is 3.42. The predicted molar refractivity (Wildman–Crippen MR) is 70.2 cm³/mol. The summed E-state index contributed by atoms with van der Waals surface area (Å²) in [7, 11) is 0. The van der Waals surface area contributed by atoms with Crippen LogP contribution in [0.4, 0.5) is 0 Å². The second-order valence-electron chi connectivity index (χ2n) is 5.94. The molecule has 2 saturated heterocycles. The van der Waals surface area contributed by atoms with Crippen molar-refractivity contribution in [1.29, 1.82) is 0 Å². The summed E-state index contributed by atoms with van der Waals surface area (Å²) in [5.74, 6) is 0. The largest absolute Gasteiger partial charge is 0.317 e. The molecule has 0 amide bonds. The lowest BCUT2D eigenvalue weighted by molar-refractivity contribution is 0.164. The normalized spacial score (nSPS) is 25.6. The summed E-state index contributed by atoms with van der Waals surface area (Å²) in [6.07, 6.45) is 7.49. The van der Waals surface area contributed by atoms with E-state index in [9.17, 15) is 0 Å². The van der Waals surface area contributed by atoms with Gasteiger partial charge in [0.25, 0.3) is 0 Å². The summed E-state index contributed by atoms with van der Waals surface area (Å²) in [6.45, 7) is 8.17. The maximum atomic E-state index is 4.20. The first kappa shape index (κ1) is 12.1. The van der Waals surface area contributed by atoms with Gasteiger partial charge in [-0.05, 0) is 51.2 Å². The van der Waals surface area contributed by atoms with Gasteiger partial charge >= 0.3 is 0 Å². The molecule has 100 valence electrons. The Balaban J connectivity index is 1.57. The molecule has 5 nitrogen and oxygen atoms in total. The zero-order valence-corrected chi connectivity index (χ0v) is 11.2. The van der Waals surface area contributed by atoms with Gasteiger partial charge in [-0.2, -0.15) is 5.10 Å². The fourth-order valence-corrected chi connectivity index (χ4v) is 3.42. The van der Waals surface area contributed by atoms with E-state index in [2.05, 4.69) is 27.2 Å². The van der Waals surface area contributed by atoms with E-state index in [0.29, 0.717) is 11.5 Å². The highest BCUT2D eigenvalue weighted by molar-refractivity contribution is 4.94. The van der Waals surface area contributed by atoms with Crippen molar-refractivity contribution in [3.63, 3.8) is 0 Å². The van der Waals surface area contributed by atoms with E-state index in [1.165, 1.54) is 45.4 Å². The Labute approximate surface area is 109 Å². The van der Waals surface area contributed by atoms with E-state index in [1.54, 1.807) is 6.33 Å². The van der Waals surface area contributed by atoms with Gasteiger partial charge in [-0.25, -0.2) is 4.98 Å². The lowest BCUT2D eigenvalue weighted by atomic mass is 9.78. The standard InChI is InChI=1S/C13H23N5/c1-12(8-18-11-15-10-16-18)17-7-4-13(9-17)2-5-14-6-3-13/h10-12,14H,2-9H2,1H3. The van der Waals surface area contributed by atoms with Gasteiger partial charge in [0.2, 0.25) is 0 Å².